The van der Waals surface area contributed by atoms with Crippen molar-refractivity contribution in [3.8, 4) is 5.69 Å². The molecule has 4 nitrogen and oxygen atoms in total. The zero-order valence-electron chi connectivity index (χ0n) is 10.4. The molecule has 0 radical (unpaired) electrons. The number of hydrogen-bond acceptors (Lipinski definition) is 3. The molecule has 0 aliphatic carbocycles. The molecule has 0 spiro atoms. The van der Waals surface area contributed by atoms with Crippen molar-refractivity contribution >= 4 is 16.9 Å². The van der Waals surface area contributed by atoms with Crippen LogP contribution in [-0.4, -0.2) is 22.9 Å². The molecule has 19 heavy (non-hydrogen) atoms. The van der Waals surface area contributed by atoms with Gasteiger partial charge in [-0.05, 0) is 24.3 Å². The third-order valence-corrected chi connectivity index (χ3v) is 2.95. The molecule has 0 aliphatic rings. The van der Waals surface area contributed by atoms with Crippen molar-refractivity contribution in [1.82, 2.24) is 9.78 Å². The molecule has 3 rings (SSSR count). The number of fused-ring (bicyclic) bond motifs is 1. The third-order valence-electron chi connectivity index (χ3n) is 2.95. The number of methoxy groups -OCH3 is 1. The van der Waals surface area contributed by atoms with E-state index in [0.29, 0.717) is 5.56 Å². The maximum atomic E-state index is 11.5. The van der Waals surface area contributed by atoms with Gasteiger partial charge in [0, 0.05) is 11.6 Å². The van der Waals surface area contributed by atoms with Crippen LogP contribution in [0.4, 0.5) is 0 Å². The van der Waals surface area contributed by atoms with Gasteiger partial charge in [0.15, 0.2) is 0 Å². The van der Waals surface area contributed by atoms with Gasteiger partial charge in [0.1, 0.15) is 0 Å². The molecule has 0 saturated carbocycles. The summed E-state index contributed by atoms with van der Waals surface area (Å²) in [5, 5.41) is 5.45. The Morgan fingerprint density at radius 2 is 1.95 bits per heavy atom. The second kappa shape index (κ2) is 4.57. The first-order valence-electron chi connectivity index (χ1n) is 5.91. The summed E-state index contributed by atoms with van der Waals surface area (Å²) in [6.07, 6.45) is 1.94. The van der Waals surface area contributed by atoms with Crippen LogP contribution in [0.1, 0.15) is 10.4 Å². The Hall–Kier alpha value is -2.62. The number of ether oxygens (including phenoxy) is 1. The van der Waals surface area contributed by atoms with Crippen LogP contribution in [0.5, 0.6) is 0 Å². The van der Waals surface area contributed by atoms with Crippen LogP contribution in [0.2, 0.25) is 0 Å². The number of nitrogens with zero attached hydrogens (tertiary/aromatic N) is 2. The van der Waals surface area contributed by atoms with Crippen molar-refractivity contribution in [1.29, 1.82) is 0 Å². The second-order valence-electron chi connectivity index (χ2n) is 4.17. The van der Waals surface area contributed by atoms with E-state index >= 15 is 0 Å². The van der Waals surface area contributed by atoms with E-state index in [9.17, 15) is 4.79 Å². The van der Waals surface area contributed by atoms with Gasteiger partial charge in [-0.1, -0.05) is 24.3 Å². The lowest BCUT2D eigenvalue weighted by Gasteiger charge is -1.98. The average Bonchev–Trinajstić information content (AvgIpc) is 2.90. The Labute approximate surface area is 110 Å². The first-order chi connectivity index (χ1) is 9.28. The van der Waals surface area contributed by atoms with Crippen LogP contribution < -0.4 is 0 Å². The third kappa shape index (κ3) is 2.08. The van der Waals surface area contributed by atoms with Crippen molar-refractivity contribution in [2.24, 2.45) is 0 Å². The van der Waals surface area contributed by atoms with Crippen LogP contribution in [0, 0.1) is 0 Å². The summed E-state index contributed by atoms with van der Waals surface area (Å²) in [6, 6.07) is 15.2. The smallest absolute Gasteiger partial charge is 0.337 e. The number of hydrogen-bond donors (Lipinski definition) is 0. The largest absolute Gasteiger partial charge is 0.465 e. The van der Waals surface area contributed by atoms with E-state index in [0.717, 1.165) is 16.6 Å². The predicted molar refractivity (Wildman–Crippen MR) is 72.4 cm³/mol. The van der Waals surface area contributed by atoms with Gasteiger partial charge in [-0.15, -0.1) is 0 Å². The summed E-state index contributed by atoms with van der Waals surface area (Å²) in [7, 11) is 1.37. The average molecular weight is 252 g/mol. The van der Waals surface area contributed by atoms with Crippen LogP contribution in [-0.2, 0) is 4.74 Å². The molecule has 3 aromatic rings. The Kier molecular flexibility index (Phi) is 2.76. The van der Waals surface area contributed by atoms with Gasteiger partial charge in [-0.2, -0.15) is 5.10 Å². The molecular formula is C15H12N2O2. The lowest BCUT2D eigenvalue weighted by Crippen LogP contribution is -2.00. The zero-order chi connectivity index (χ0) is 13.2. The second-order valence-corrected chi connectivity index (χ2v) is 4.17. The van der Waals surface area contributed by atoms with E-state index in [1.807, 2.05) is 42.6 Å². The summed E-state index contributed by atoms with van der Waals surface area (Å²) in [4.78, 5) is 11.5. The number of carbonyl (C=O) groups excluding carboxylic acids is 1. The molecule has 2 aromatic carbocycles. The Morgan fingerprint density at radius 3 is 2.68 bits per heavy atom. The molecule has 1 heterocycles. The van der Waals surface area contributed by atoms with E-state index in [4.69, 9.17) is 4.74 Å². The fourth-order valence-electron chi connectivity index (χ4n) is 1.97. The van der Waals surface area contributed by atoms with Crippen molar-refractivity contribution in [2.75, 3.05) is 7.11 Å². The highest BCUT2D eigenvalue weighted by Gasteiger charge is 2.08. The summed E-state index contributed by atoms with van der Waals surface area (Å²) >= 11 is 0. The van der Waals surface area contributed by atoms with Gasteiger partial charge < -0.3 is 4.74 Å². The molecule has 0 amide bonds. The number of carbonyl (C=O) groups is 1. The highest BCUT2D eigenvalue weighted by atomic mass is 16.5. The molecule has 0 atom stereocenters. The number of esters is 1. The number of aromatic nitrogens is 2. The Morgan fingerprint density at radius 1 is 1.16 bits per heavy atom. The van der Waals surface area contributed by atoms with E-state index in [-0.39, 0.29) is 5.97 Å². The van der Waals surface area contributed by atoms with E-state index in [1.54, 1.807) is 16.8 Å². The molecule has 0 unspecified atom stereocenters. The molecule has 0 saturated heterocycles. The Balaban J connectivity index is 2.09. The van der Waals surface area contributed by atoms with Gasteiger partial charge >= 0.3 is 5.97 Å². The fraction of sp³-hybridized carbons (Fsp3) is 0.0667. The topological polar surface area (TPSA) is 44.1 Å². The summed E-state index contributed by atoms with van der Waals surface area (Å²) in [5.41, 5.74) is 2.26. The predicted octanol–water partition coefficient (Wildman–Crippen LogP) is 2.81. The number of rotatable bonds is 2. The first-order valence-corrected chi connectivity index (χ1v) is 5.91. The van der Waals surface area contributed by atoms with E-state index in [1.165, 1.54) is 7.11 Å². The molecule has 0 N–H and O–H groups in total. The molecule has 0 fully saturated rings. The summed E-state index contributed by atoms with van der Waals surface area (Å²) in [5.74, 6) is -0.351. The minimum atomic E-state index is -0.351. The van der Waals surface area contributed by atoms with Crippen molar-refractivity contribution in [3.05, 3.63) is 60.3 Å². The molecule has 94 valence electrons. The standard InChI is InChI=1S/C15H12N2O2/c1-19-15(18)11-7-8-12-10-17(16-14(12)9-11)13-5-3-2-4-6-13/h2-10H,1H3. The van der Waals surface area contributed by atoms with Crippen LogP contribution >= 0.6 is 0 Å². The minimum absolute atomic E-state index is 0.351. The van der Waals surface area contributed by atoms with E-state index in [2.05, 4.69) is 5.10 Å². The van der Waals surface area contributed by atoms with Crippen molar-refractivity contribution in [2.45, 2.75) is 0 Å². The van der Waals surface area contributed by atoms with Crippen molar-refractivity contribution in [3.63, 3.8) is 0 Å². The monoisotopic (exact) mass is 252 g/mol. The maximum absolute atomic E-state index is 11.5. The molecular weight excluding hydrogens is 240 g/mol. The molecule has 1 aromatic heterocycles. The first kappa shape index (κ1) is 11.5. The maximum Gasteiger partial charge on any atom is 0.337 e. The summed E-state index contributed by atoms with van der Waals surface area (Å²) < 4.78 is 6.50. The number of benzene rings is 2. The van der Waals surface area contributed by atoms with Gasteiger partial charge in [0.05, 0.1) is 23.9 Å². The quantitative estimate of drug-likeness (QED) is 0.659. The van der Waals surface area contributed by atoms with E-state index < -0.39 is 0 Å². The zero-order valence-corrected chi connectivity index (χ0v) is 10.4. The van der Waals surface area contributed by atoms with Gasteiger partial charge in [-0.3, -0.25) is 0 Å². The van der Waals surface area contributed by atoms with Crippen LogP contribution in [0.3, 0.4) is 0 Å². The molecule has 0 bridgehead atoms. The van der Waals surface area contributed by atoms with Gasteiger partial charge in [0.25, 0.3) is 0 Å². The van der Waals surface area contributed by atoms with Gasteiger partial charge in [-0.25, -0.2) is 9.48 Å². The lowest BCUT2D eigenvalue weighted by molar-refractivity contribution is 0.0601. The van der Waals surface area contributed by atoms with Crippen LogP contribution in [0.15, 0.2) is 54.7 Å². The number of para-hydroxylation sites is 1. The lowest BCUT2D eigenvalue weighted by atomic mass is 10.2. The fourth-order valence-corrected chi connectivity index (χ4v) is 1.97. The normalized spacial score (nSPS) is 10.6. The van der Waals surface area contributed by atoms with Crippen molar-refractivity contribution < 1.29 is 9.53 Å². The van der Waals surface area contributed by atoms with Crippen LogP contribution in [0.25, 0.3) is 16.6 Å². The SMILES string of the molecule is COC(=O)c1ccc2cn(-c3ccccc3)nc2c1. The Bertz CT molecular complexity index is 732. The molecule has 4 heteroatoms. The van der Waals surface area contributed by atoms with Gasteiger partial charge in [0.2, 0.25) is 0 Å². The summed E-state index contributed by atoms with van der Waals surface area (Å²) in [6.45, 7) is 0. The molecule has 0 aliphatic heterocycles. The highest BCUT2D eigenvalue weighted by molar-refractivity contribution is 5.94. The highest BCUT2D eigenvalue weighted by Crippen LogP contribution is 2.17. The minimum Gasteiger partial charge on any atom is -0.465 e.